The highest BCUT2D eigenvalue weighted by Gasteiger charge is 1.98. The van der Waals surface area contributed by atoms with Crippen molar-refractivity contribution < 1.29 is 4.74 Å². The molecule has 0 saturated heterocycles. The SMILES string of the molecule is [CH2]c1ccc(C#Cc2ccc(Oc3ccc(C#Cc4ccc([CH2])cc4)cc3)cc2)cc1. The van der Waals surface area contributed by atoms with Crippen molar-refractivity contribution in [2.75, 3.05) is 0 Å². The summed E-state index contributed by atoms with van der Waals surface area (Å²) in [6.45, 7) is 7.77. The largest absolute Gasteiger partial charge is 0.457 e. The molecule has 0 atom stereocenters. The lowest BCUT2D eigenvalue weighted by molar-refractivity contribution is 0.482. The number of ether oxygens (including phenoxy) is 1. The molecule has 4 rings (SSSR count). The van der Waals surface area contributed by atoms with Crippen LogP contribution in [0.3, 0.4) is 0 Å². The first-order valence-corrected chi connectivity index (χ1v) is 9.90. The van der Waals surface area contributed by atoms with Crippen LogP contribution in [-0.2, 0) is 0 Å². The number of hydrogen-bond donors (Lipinski definition) is 0. The molecular formula is C30H20O. The van der Waals surface area contributed by atoms with Crippen LogP contribution >= 0.6 is 0 Å². The summed E-state index contributed by atoms with van der Waals surface area (Å²) in [7, 11) is 0. The van der Waals surface area contributed by atoms with Gasteiger partial charge in [0.2, 0.25) is 0 Å². The van der Waals surface area contributed by atoms with Crippen molar-refractivity contribution in [3.8, 4) is 35.2 Å². The van der Waals surface area contributed by atoms with E-state index in [9.17, 15) is 0 Å². The molecule has 146 valence electrons. The van der Waals surface area contributed by atoms with Gasteiger partial charge in [-0.2, -0.15) is 0 Å². The van der Waals surface area contributed by atoms with E-state index in [1.54, 1.807) is 0 Å². The molecule has 0 aromatic heterocycles. The molecule has 0 spiro atoms. The zero-order chi connectivity index (χ0) is 21.5. The van der Waals surface area contributed by atoms with Gasteiger partial charge in [0.05, 0.1) is 0 Å². The highest BCUT2D eigenvalue weighted by atomic mass is 16.5. The maximum Gasteiger partial charge on any atom is 0.127 e. The number of hydrogen-bond acceptors (Lipinski definition) is 1. The molecule has 4 aromatic carbocycles. The summed E-state index contributed by atoms with van der Waals surface area (Å²) >= 11 is 0. The van der Waals surface area contributed by atoms with Crippen molar-refractivity contribution >= 4 is 0 Å². The van der Waals surface area contributed by atoms with E-state index in [2.05, 4.69) is 37.5 Å². The van der Waals surface area contributed by atoms with Gasteiger partial charge in [-0.3, -0.25) is 0 Å². The Balaban J connectivity index is 1.38. The zero-order valence-corrected chi connectivity index (χ0v) is 17.1. The highest BCUT2D eigenvalue weighted by Crippen LogP contribution is 2.22. The van der Waals surface area contributed by atoms with E-state index in [1.165, 1.54) is 0 Å². The quantitative estimate of drug-likeness (QED) is 0.345. The Bertz CT molecular complexity index is 1170. The summed E-state index contributed by atoms with van der Waals surface area (Å²) in [5.41, 5.74) is 5.77. The predicted octanol–water partition coefficient (Wildman–Crippen LogP) is 6.64. The van der Waals surface area contributed by atoms with Gasteiger partial charge in [0.15, 0.2) is 0 Å². The maximum atomic E-state index is 5.93. The molecule has 0 fully saturated rings. The molecule has 0 aliphatic carbocycles. The molecule has 0 aliphatic rings. The first kappa shape index (κ1) is 20.1. The molecule has 1 heteroatoms. The van der Waals surface area contributed by atoms with E-state index in [-0.39, 0.29) is 0 Å². The predicted molar refractivity (Wildman–Crippen MR) is 127 cm³/mol. The topological polar surface area (TPSA) is 9.23 Å². The van der Waals surface area contributed by atoms with Gasteiger partial charge in [0.25, 0.3) is 0 Å². The monoisotopic (exact) mass is 396 g/mol. The van der Waals surface area contributed by atoms with Gasteiger partial charge in [-0.25, -0.2) is 0 Å². The molecular weight excluding hydrogens is 376 g/mol. The second-order valence-electron chi connectivity index (χ2n) is 7.04. The van der Waals surface area contributed by atoms with E-state index in [1.807, 2.05) is 97.1 Å². The lowest BCUT2D eigenvalue weighted by Gasteiger charge is -2.05. The van der Waals surface area contributed by atoms with Crippen molar-refractivity contribution in [2.24, 2.45) is 0 Å². The fourth-order valence-electron chi connectivity index (χ4n) is 2.81. The van der Waals surface area contributed by atoms with Gasteiger partial charge in [0.1, 0.15) is 11.5 Å². The molecule has 0 bridgehead atoms. The summed E-state index contributed by atoms with van der Waals surface area (Å²) in [5.74, 6) is 14.2. The smallest absolute Gasteiger partial charge is 0.127 e. The van der Waals surface area contributed by atoms with Crippen LogP contribution in [0.15, 0.2) is 97.1 Å². The third kappa shape index (κ3) is 5.89. The van der Waals surface area contributed by atoms with Gasteiger partial charge in [-0.15, -0.1) is 0 Å². The van der Waals surface area contributed by atoms with E-state index >= 15 is 0 Å². The van der Waals surface area contributed by atoms with Crippen LogP contribution in [0.25, 0.3) is 0 Å². The maximum absolute atomic E-state index is 5.93. The molecule has 0 unspecified atom stereocenters. The summed E-state index contributed by atoms with van der Waals surface area (Å²) in [5, 5.41) is 0. The van der Waals surface area contributed by atoms with Crippen LogP contribution in [-0.4, -0.2) is 0 Å². The van der Waals surface area contributed by atoms with Gasteiger partial charge in [-0.05, 0) is 97.8 Å². The van der Waals surface area contributed by atoms with Crippen LogP contribution in [0.4, 0.5) is 0 Å². The van der Waals surface area contributed by atoms with Gasteiger partial charge >= 0.3 is 0 Å². The second kappa shape index (κ2) is 9.53. The minimum atomic E-state index is 0.763. The third-order valence-corrected chi connectivity index (χ3v) is 4.55. The fraction of sp³-hybridized carbons (Fsp3) is 0. The lowest BCUT2D eigenvalue weighted by atomic mass is 10.1. The second-order valence-corrected chi connectivity index (χ2v) is 7.04. The van der Waals surface area contributed by atoms with E-state index < -0.39 is 0 Å². The standard InChI is InChI=1S/C30H20O/c1-23-3-7-25(8-4-23)11-13-27-15-19-29(20-16-27)31-30-21-17-28(18-22-30)14-12-26-9-5-24(2)6-10-26/h3-10,15-22H,1-2H2. The van der Waals surface area contributed by atoms with Crippen LogP contribution in [0.1, 0.15) is 33.4 Å². The molecule has 2 radical (unpaired) electrons. The van der Waals surface area contributed by atoms with Gasteiger partial charge in [0, 0.05) is 22.3 Å². The summed E-state index contributed by atoms with van der Waals surface area (Å²) in [6, 6.07) is 31.2. The Kier molecular flexibility index (Phi) is 6.18. The highest BCUT2D eigenvalue weighted by molar-refractivity contribution is 5.47. The Labute approximate surface area is 184 Å². The average Bonchev–Trinajstić information content (AvgIpc) is 2.80. The molecule has 4 aromatic rings. The van der Waals surface area contributed by atoms with E-state index in [0.29, 0.717) is 0 Å². The molecule has 0 heterocycles. The minimum absolute atomic E-state index is 0.763. The van der Waals surface area contributed by atoms with Gasteiger partial charge < -0.3 is 4.74 Å². The Morgan fingerprint density at radius 3 is 0.935 bits per heavy atom. The first-order chi connectivity index (χ1) is 15.1. The average molecular weight is 396 g/mol. The third-order valence-electron chi connectivity index (χ3n) is 4.55. The Morgan fingerprint density at radius 1 is 0.387 bits per heavy atom. The van der Waals surface area contributed by atoms with Crippen molar-refractivity contribution in [2.45, 2.75) is 0 Å². The lowest BCUT2D eigenvalue weighted by Crippen LogP contribution is -1.85. The van der Waals surface area contributed by atoms with Crippen LogP contribution in [0, 0.1) is 37.5 Å². The van der Waals surface area contributed by atoms with Crippen LogP contribution in [0.5, 0.6) is 11.5 Å². The fourth-order valence-corrected chi connectivity index (χ4v) is 2.81. The first-order valence-electron chi connectivity index (χ1n) is 9.90. The molecule has 31 heavy (non-hydrogen) atoms. The molecule has 0 saturated carbocycles. The Morgan fingerprint density at radius 2 is 0.645 bits per heavy atom. The molecule has 0 aliphatic heterocycles. The number of rotatable bonds is 2. The normalized spacial score (nSPS) is 9.74. The van der Waals surface area contributed by atoms with E-state index in [4.69, 9.17) is 4.74 Å². The van der Waals surface area contributed by atoms with Crippen molar-refractivity contribution in [1.29, 1.82) is 0 Å². The zero-order valence-electron chi connectivity index (χ0n) is 17.1. The van der Waals surface area contributed by atoms with Crippen molar-refractivity contribution in [3.63, 3.8) is 0 Å². The molecule has 1 nitrogen and oxygen atoms in total. The summed E-state index contributed by atoms with van der Waals surface area (Å²) in [6.07, 6.45) is 0. The van der Waals surface area contributed by atoms with Crippen molar-refractivity contribution in [1.82, 2.24) is 0 Å². The minimum Gasteiger partial charge on any atom is -0.457 e. The Hall–Kier alpha value is -4.20. The van der Waals surface area contributed by atoms with Crippen LogP contribution in [0.2, 0.25) is 0 Å². The van der Waals surface area contributed by atoms with Gasteiger partial charge in [-0.1, -0.05) is 47.9 Å². The van der Waals surface area contributed by atoms with Crippen molar-refractivity contribution in [3.05, 3.63) is 144 Å². The molecule has 0 N–H and O–H groups in total. The molecule has 0 amide bonds. The summed E-state index contributed by atoms with van der Waals surface area (Å²) in [4.78, 5) is 0. The number of benzene rings is 4. The van der Waals surface area contributed by atoms with E-state index in [0.717, 1.165) is 44.9 Å². The summed E-state index contributed by atoms with van der Waals surface area (Å²) < 4.78 is 5.93. The van der Waals surface area contributed by atoms with Crippen LogP contribution < -0.4 is 4.74 Å².